The van der Waals surface area contributed by atoms with Crippen LogP contribution in [0, 0.1) is 0 Å². The number of aryl methyl sites for hydroxylation is 1. The molecule has 7 nitrogen and oxygen atoms in total. The lowest BCUT2D eigenvalue weighted by molar-refractivity contribution is -0.127. The van der Waals surface area contributed by atoms with Gasteiger partial charge in [-0.05, 0) is 62.8 Å². The van der Waals surface area contributed by atoms with E-state index in [1.807, 2.05) is 12.3 Å². The van der Waals surface area contributed by atoms with Gasteiger partial charge in [-0.1, -0.05) is 13.8 Å². The van der Waals surface area contributed by atoms with Crippen molar-refractivity contribution in [2.75, 3.05) is 20.6 Å². The van der Waals surface area contributed by atoms with E-state index >= 15 is 0 Å². The van der Waals surface area contributed by atoms with Gasteiger partial charge in [0.05, 0.1) is 23.3 Å². The fourth-order valence-corrected chi connectivity index (χ4v) is 5.65. The maximum absolute atomic E-state index is 11.9. The highest BCUT2D eigenvalue weighted by Gasteiger charge is 2.26. The molecular formula is C29H38N6O. The van der Waals surface area contributed by atoms with Crippen LogP contribution in [-0.4, -0.2) is 57.0 Å². The number of carbonyl (C=O) groups excluding carboxylic acids is 1. The van der Waals surface area contributed by atoms with E-state index in [0.29, 0.717) is 24.4 Å². The van der Waals surface area contributed by atoms with Crippen molar-refractivity contribution in [1.82, 2.24) is 29.7 Å². The van der Waals surface area contributed by atoms with Gasteiger partial charge < -0.3 is 19.8 Å². The van der Waals surface area contributed by atoms with Crippen LogP contribution in [0.5, 0.6) is 0 Å². The van der Waals surface area contributed by atoms with E-state index in [9.17, 15) is 4.79 Å². The zero-order chi connectivity index (χ0) is 25.4. The summed E-state index contributed by atoms with van der Waals surface area (Å²) in [5.41, 5.74) is 8.04. The number of nitrogens with one attached hydrogen (secondary N) is 2. The van der Waals surface area contributed by atoms with E-state index in [1.54, 1.807) is 19.0 Å². The van der Waals surface area contributed by atoms with Crippen molar-refractivity contribution < 1.29 is 4.79 Å². The van der Waals surface area contributed by atoms with Crippen molar-refractivity contribution in [1.29, 1.82) is 0 Å². The molecule has 1 fully saturated rings. The number of pyridine rings is 2. The summed E-state index contributed by atoms with van der Waals surface area (Å²) in [7, 11) is 3.61. The zero-order valence-corrected chi connectivity index (χ0v) is 22.1. The van der Waals surface area contributed by atoms with Crippen molar-refractivity contribution in [2.24, 2.45) is 0 Å². The Morgan fingerprint density at radius 3 is 2.67 bits per heavy atom. The number of amides is 1. The quantitative estimate of drug-likeness (QED) is 0.365. The van der Waals surface area contributed by atoms with Crippen LogP contribution < -0.4 is 5.32 Å². The molecule has 0 atom stereocenters. The summed E-state index contributed by atoms with van der Waals surface area (Å²) in [6.45, 7) is 7.96. The Labute approximate surface area is 213 Å². The lowest BCUT2D eigenvalue weighted by atomic mass is 9.83. The number of H-pyrrole nitrogens is 1. The van der Waals surface area contributed by atoms with Crippen LogP contribution in [0.15, 0.2) is 36.7 Å². The Hall–Kier alpha value is -3.19. The zero-order valence-electron chi connectivity index (χ0n) is 22.1. The molecule has 36 heavy (non-hydrogen) atoms. The fourth-order valence-electron chi connectivity index (χ4n) is 5.65. The molecule has 0 spiro atoms. The summed E-state index contributed by atoms with van der Waals surface area (Å²) in [5, 5.41) is 4.62. The third-order valence-corrected chi connectivity index (χ3v) is 7.71. The van der Waals surface area contributed by atoms with Gasteiger partial charge in [0, 0.05) is 67.2 Å². The number of rotatable bonds is 7. The van der Waals surface area contributed by atoms with Gasteiger partial charge in [0.15, 0.2) is 0 Å². The summed E-state index contributed by atoms with van der Waals surface area (Å²) < 4.78 is 2.22. The Kier molecular flexibility index (Phi) is 6.84. The number of fused-ring (bicyclic) bond motifs is 2. The Balaban J connectivity index is 1.43. The minimum absolute atomic E-state index is 0.131. The Morgan fingerprint density at radius 2 is 1.97 bits per heavy atom. The van der Waals surface area contributed by atoms with E-state index in [0.717, 1.165) is 54.6 Å². The molecule has 1 amide bonds. The molecule has 5 rings (SSSR count). The molecule has 0 aliphatic heterocycles. The smallest absolute Gasteiger partial charge is 0.236 e. The molecule has 7 heteroatoms. The van der Waals surface area contributed by atoms with Crippen molar-refractivity contribution in [3.63, 3.8) is 0 Å². The molecular weight excluding hydrogens is 448 g/mol. The van der Waals surface area contributed by atoms with Gasteiger partial charge in [0.1, 0.15) is 5.65 Å². The van der Waals surface area contributed by atoms with Crippen molar-refractivity contribution >= 4 is 28.0 Å². The van der Waals surface area contributed by atoms with Gasteiger partial charge in [-0.2, -0.15) is 0 Å². The molecule has 0 unspecified atom stereocenters. The number of hydrogen-bond donors (Lipinski definition) is 2. The number of aromatic amines is 1. The second kappa shape index (κ2) is 10.1. The van der Waals surface area contributed by atoms with Crippen LogP contribution in [0.2, 0.25) is 0 Å². The van der Waals surface area contributed by atoms with Crippen LogP contribution in [-0.2, 0) is 11.3 Å². The number of hydrogen-bond acceptors (Lipinski definition) is 4. The van der Waals surface area contributed by atoms with Gasteiger partial charge in [0.25, 0.3) is 0 Å². The monoisotopic (exact) mass is 486 g/mol. The van der Waals surface area contributed by atoms with Crippen molar-refractivity contribution in [3.05, 3.63) is 47.9 Å². The summed E-state index contributed by atoms with van der Waals surface area (Å²) in [6.07, 6.45) is 8.43. The molecule has 0 bridgehead atoms. The second-order valence-corrected chi connectivity index (χ2v) is 10.6. The summed E-state index contributed by atoms with van der Waals surface area (Å²) in [4.78, 5) is 27.2. The van der Waals surface area contributed by atoms with E-state index in [4.69, 9.17) is 4.98 Å². The predicted octanol–water partition coefficient (Wildman–Crippen LogP) is 5.43. The van der Waals surface area contributed by atoms with E-state index in [1.165, 1.54) is 22.2 Å². The highest BCUT2D eigenvalue weighted by atomic mass is 16.2. The van der Waals surface area contributed by atoms with E-state index in [2.05, 4.69) is 65.0 Å². The molecule has 4 heterocycles. The molecule has 190 valence electrons. The summed E-state index contributed by atoms with van der Waals surface area (Å²) in [6, 6.07) is 9.00. The fraction of sp³-hybridized carbons (Fsp3) is 0.483. The van der Waals surface area contributed by atoms with Gasteiger partial charge in [-0.3, -0.25) is 9.78 Å². The van der Waals surface area contributed by atoms with Crippen LogP contribution >= 0.6 is 0 Å². The van der Waals surface area contributed by atoms with Gasteiger partial charge >= 0.3 is 0 Å². The summed E-state index contributed by atoms with van der Waals surface area (Å²) in [5.74, 6) is 0.926. The molecule has 1 aliphatic carbocycles. The van der Waals surface area contributed by atoms with Crippen LogP contribution in [0.3, 0.4) is 0 Å². The second-order valence-electron chi connectivity index (χ2n) is 10.6. The first-order valence-electron chi connectivity index (χ1n) is 13.3. The molecule has 4 aromatic heterocycles. The van der Waals surface area contributed by atoms with Crippen LogP contribution in [0.1, 0.15) is 69.5 Å². The molecule has 1 aliphatic rings. The first-order valence-corrected chi connectivity index (χ1v) is 13.3. The molecule has 0 radical (unpaired) electrons. The van der Waals surface area contributed by atoms with Gasteiger partial charge in [-0.25, -0.2) is 4.98 Å². The van der Waals surface area contributed by atoms with Crippen LogP contribution in [0.25, 0.3) is 33.3 Å². The Morgan fingerprint density at radius 1 is 1.19 bits per heavy atom. The maximum atomic E-state index is 11.9. The highest BCUT2D eigenvalue weighted by molar-refractivity contribution is 5.98. The SMILES string of the molecule is CCn1cc(-c2[nH]c3ccc(C4CCC(NCC(=O)N(C)C)CC4)nc3c2C(C)C)c2cccnc21. The minimum atomic E-state index is 0.131. The average Bonchev–Trinajstić information content (AvgIpc) is 3.45. The number of nitrogens with zero attached hydrogens (tertiary/aromatic N) is 4. The largest absolute Gasteiger partial charge is 0.353 e. The third kappa shape index (κ3) is 4.52. The predicted molar refractivity (Wildman–Crippen MR) is 146 cm³/mol. The average molecular weight is 487 g/mol. The van der Waals surface area contributed by atoms with Gasteiger partial charge in [0.2, 0.25) is 5.91 Å². The lowest BCUT2D eigenvalue weighted by Crippen LogP contribution is -2.40. The van der Waals surface area contributed by atoms with E-state index in [-0.39, 0.29) is 5.91 Å². The Bertz CT molecular complexity index is 1370. The summed E-state index contributed by atoms with van der Waals surface area (Å²) >= 11 is 0. The minimum Gasteiger partial charge on any atom is -0.353 e. The molecule has 2 N–H and O–H groups in total. The first-order chi connectivity index (χ1) is 17.4. The van der Waals surface area contributed by atoms with Crippen LogP contribution in [0.4, 0.5) is 0 Å². The molecule has 0 saturated heterocycles. The molecule has 0 aromatic carbocycles. The molecule has 1 saturated carbocycles. The third-order valence-electron chi connectivity index (χ3n) is 7.71. The number of carbonyl (C=O) groups is 1. The molecule has 4 aromatic rings. The lowest BCUT2D eigenvalue weighted by Gasteiger charge is -2.29. The van der Waals surface area contributed by atoms with Crippen molar-refractivity contribution in [3.8, 4) is 11.3 Å². The number of likely N-dealkylation sites (N-methyl/N-ethyl adjacent to an activating group) is 1. The maximum Gasteiger partial charge on any atom is 0.236 e. The van der Waals surface area contributed by atoms with E-state index < -0.39 is 0 Å². The first kappa shape index (κ1) is 24.5. The normalized spacial score (nSPS) is 18.4. The van der Waals surface area contributed by atoms with Crippen molar-refractivity contribution in [2.45, 2.75) is 70.9 Å². The highest BCUT2D eigenvalue weighted by Crippen LogP contribution is 2.40. The number of aromatic nitrogens is 4. The van der Waals surface area contributed by atoms with Gasteiger partial charge in [-0.15, -0.1) is 0 Å². The topological polar surface area (TPSA) is 78.8 Å². The standard InChI is InChI=1S/C29H38N6O/c1-6-35-17-22(21-8-7-15-30-29(21)35)27-26(18(2)3)28-24(33-27)14-13-23(32-28)19-9-11-20(12-10-19)31-16-25(36)34(4)5/h7-8,13-15,17-20,31,33H,6,9-12,16H2,1-5H3.